The van der Waals surface area contributed by atoms with Gasteiger partial charge in [0.25, 0.3) is 5.91 Å². The summed E-state index contributed by atoms with van der Waals surface area (Å²) < 4.78 is 36.5. The number of amides is 1. The predicted molar refractivity (Wildman–Crippen MR) is 112 cm³/mol. The Labute approximate surface area is 174 Å². The fourth-order valence-electron chi connectivity index (χ4n) is 2.82. The van der Waals surface area contributed by atoms with Crippen molar-refractivity contribution in [2.24, 2.45) is 5.10 Å². The van der Waals surface area contributed by atoms with Crippen LogP contribution in [0.15, 0.2) is 41.5 Å². The van der Waals surface area contributed by atoms with E-state index in [-0.39, 0.29) is 0 Å². The van der Waals surface area contributed by atoms with Crippen LogP contribution in [0.4, 0.5) is 5.69 Å². The first kappa shape index (κ1) is 20.9. The average molecular weight is 438 g/mol. The molecule has 0 saturated carbocycles. The Hall–Kier alpha value is -2.78. The zero-order valence-electron chi connectivity index (χ0n) is 15.9. The fraction of sp³-hybridized carbons (Fsp3) is 0.263. The molecule has 154 valence electrons. The van der Waals surface area contributed by atoms with Crippen molar-refractivity contribution >= 4 is 39.4 Å². The number of fused-ring (bicyclic) bond motifs is 1. The van der Waals surface area contributed by atoms with Crippen molar-refractivity contribution in [3.63, 3.8) is 0 Å². The molecule has 10 heteroatoms. The third kappa shape index (κ3) is 5.18. The molecule has 1 amide bonds. The molecule has 0 fully saturated rings. The van der Waals surface area contributed by atoms with Gasteiger partial charge in [-0.3, -0.25) is 9.10 Å². The van der Waals surface area contributed by atoms with Crippen LogP contribution in [0, 0.1) is 6.92 Å². The molecule has 2 aromatic carbocycles. The molecule has 0 aliphatic carbocycles. The van der Waals surface area contributed by atoms with Crippen molar-refractivity contribution in [3.8, 4) is 11.5 Å². The van der Waals surface area contributed by atoms with Crippen LogP contribution in [0.3, 0.4) is 0 Å². The highest BCUT2D eigenvalue weighted by Crippen LogP contribution is 2.32. The summed E-state index contributed by atoms with van der Waals surface area (Å²) in [5.74, 6) is 0.558. The van der Waals surface area contributed by atoms with E-state index in [0.717, 1.165) is 10.6 Å². The summed E-state index contributed by atoms with van der Waals surface area (Å²) in [7, 11) is -3.70. The minimum atomic E-state index is -3.70. The number of carbonyl (C=O) groups excluding carboxylic acids is 1. The topological polar surface area (TPSA) is 97.3 Å². The molecule has 0 bridgehead atoms. The molecule has 1 aliphatic rings. The maximum atomic E-state index is 12.3. The van der Waals surface area contributed by atoms with Gasteiger partial charge in [-0.2, -0.15) is 5.10 Å². The lowest BCUT2D eigenvalue weighted by Crippen LogP contribution is -2.39. The van der Waals surface area contributed by atoms with Gasteiger partial charge < -0.3 is 9.47 Å². The van der Waals surface area contributed by atoms with Crippen LogP contribution in [0.2, 0.25) is 5.02 Å². The molecule has 29 heavy (non-hydrogen) atoms. The van der Waals surface area contributed by atoms with Gasteiger partial charge in [0.2, 0.25) is 10.0 Å². The molecule has 3 rings (SSSR count). The summed E-state index contributed by atoms with van der Waals surface area (Å²) in [6, 6.07) is 10.1. The monoisotopic (exact) mass is 437 g/mol. The first-order valence-electron chi connectivity index (χ1n) is 8.70. The first-order valence-corrected chi connectivity index (χ1v) is 10.9. The highest BCUT2D eigenvalue weighted by molar-refractivity contribution is 7.92. The maximum Gasteiger partial charge on any atom is 0.260 e. The van der Waals surface area contributed by atoms with E-state index >= 15 is 0 Å². The standard InChI is InChI=1S/C19H20ClN3O5S/c1-13-10-15(20)6-7-16(13)23(29(2,25)26)12-18(24)22-21-11-14-4-3-5-17-19(14)28-9-8-27-17/h3-7,10-11H,8-9,12H2,1-2H3,(H,22,24)/b21-11-. The number of hydrazone groups is 1. The lowest BCUT2D eigenvalue weighted by atomic mass is 10.2. The minimum absolute atomic E-state index is 0.374. The molecule has 1 N–H and O–H groups in total. The van der Waals surface area contributed by atoms with Crippen LogP contribution in [-0.4, -0.2) is 46.6 Å². The molecule has 0 aromatic heterocycles. The van der Waals surface area contributed by atoms with Crippen molar-refractivity contribution < 1.29 is 22.7 Å². The summed E-state index contributed by atoms with van der Waals surface area (Å²) in [5.41, 5.74) is 3.98. The number of nitrogens with one attached hydrogen (secondary N) is 1. The number of aryl methyl sites for hydroxylation is 1. The summed E-state index contributed by atoms with van der Waals surface area (Å²) in [6.45, 7) is 2.19. The van der Waals surface area contributed by atoms with Gasteiger partial charge in [0.1, 0.15) is 19.8 Å². The van der Waals surface area contributed by atoms with Crippen molar-refractivity contribution in [1.82, 2.24) is 5.43 Å². The molecule has 2 aromatic rings. The minimum Gasteiger partial charge on any atom is -0.486 e. The quantitative estimate of drug-likeness (QED) is 0.552. The number of nitrogens with zero attached hydrogens (tertiary/aromatic N) is 2. The highest BCUT2D eigenvalue weighted by atomic mass is 35.5. The van der Waals surface area contributed by atoms with Gasteiger partial charge in [-0.15, -0.1) is 0 Å². The lowest BCUT2D eigenvalue weighted by Gasteiger charge is -2.23. The predicted octanol–water partition coefficient (Wildman–Crippen LogP) is 2.34. The van der Waals surface area contributed by atoms with Gasteiger partial charge in [0, 0.05) is 10.6 Å². The normalized spacial score (nSPS) is 13.3. The molecule has 1 aliphatic heterocycles. The van der Waals surface area contributed by atoms with Gasteiger partial charge >= 0.3 is 0 Å². The largest absolute Gasteiger partial charge is 0.486 e. The van der Waals surface area contributed by atoms with Crippen LogP contribution in [-0.2, 0) is 14.8 Å². The van der Waals surface area contributed by atoms with Gasteiger partial charge in [0.05, 0.1) is 18.2 Å². The number of ether oxygens (including phenoxy) is 2. The zero-order chi connectivity index (χ0) is 21.0. The number of carbonyl (C=O) groups is 1. The Kier molecular flexibility index (Phi) is 6.29. The van der Waals surface area contributed by atoms with Crippen LogP contribution in [0.25, 0.3) is 0 Å². The summed E-state index contributed by atoms with van der Waals surface area (Å²) in [4.78, 5) is 12.3. The Bertz CT molecular complexity index is 1060. The second-order valence-electron chi connectivity index (χ2n) is 6.37. The molecular formula is C19H20ClN3O5S. The second-order valence-corrected chi connectivity index (χ2v) is 8.71. The Morgan fingerprint density at radius 1 is 1.28 bits per heavy atom. The average Bonchev–Trinajstić information content (AvgIpc) is 2.66. The van der Waals surface area contributed by atoms with Crippen LogP contribution in [0.5, 0.6) is 11.5 Å². The Morgan fingerprint density at radius 3 is 2.76 bits per heavy atom. The second kappa shape index (κ2) is 8.71. The summed E-state index contributed by atoms with van der Waals surface area (Å²) >= 11 is 5.93. The smallest absolute Gasteiger partial charge is 0.260 e. The van der Waals surface area contributed by atoms with Crippen molar-refractivity contribution in [2.75, 3.05) is 30.3 Å². The van der Waals surface area contributed by atoms with Gasteiger partial charge in [-0.25, -0.2) is 13.8 Å². The molecule has 0 unspecified atom stereocenters. The van der Waals surface area contributed by atoms with Gasteiger partial charge in [-0.05, 0) is 42.8 Å². The molecule has 0 spiro atoms. The molecule has 1 heterocycles. The first-order chi connectivity index (χ1) is 13.8. The molecule has 8 nitrogen and oxygen atoms in total. The molecular weight excluding hydrogens is 418 g/mol. The van der Waals surface area contributed by atoms with Crippen molar-refractivity contribution in [3.05, 3.63) is 52.5 Å². The molecule has 0 radical (unpaired) electrons. The summed E-state index contributed by atoms with van der Waals surface area (Å²) in [6.07, 6.45) is 2.45. The number of halogens is 1. The number of hydrogen-bond donors (Lipinski definition) is 1. The fourth-order valence-corrected chi connectivity index (χ4v) is 3.96. The van der Waals surface area contributed by atoms with E-state index in [0.29, 0.717) is 46.5 Å². The number of hydrogen-bond acceptors (Lipinski definition) is 6. The number of benzene rings is 2. The van der Waals surface area contributed by atoms with E-state index in [1.54, 1.807) is 43.3 Å². The molecule has 0 atom stereocenters. The number of sulfonamides is 1. The van der Waals surface area contributed by atoms with Crippen LogP contribution < -0.4 is 19.2 Å². The number of para-hydroxylation sites is 1. The lowest BCUT2D eigenvalue weighted by molar-refractivity contribution is -0.119. The van der Waals surface area contributed by atoms with Crippen molar-refractivity contribution in [2.45, 2.75) is 6.92 Å². The van der Waals surface area contributed by atoms with Crippen LogP contribution >= 0.6 is 11.6 Å². The Morgan fingerprint density at radius 2 is 2.03 bits per heavy atom. The Balaban J connectivity index is 1.72. The number of rotatable bonds is 6. The third-order valence-electron chi connectivity index (χ3n) is 4.10. The third-order valence-corrected chi connectivity index (χ3v) is 5.47. The molecule has 0 saturated heterocycles. The summed E-state index contributed by atoms with van der Waals surface area (Å²) in [5, 5.41) is 4.39. The van der Waals surface area contributed by atoms with Gasteiger partial charge in [0.15, 0.2) is 11.5 Å². The number of anilines is 1. The van der Waals surface area contributed by atoms with Crippen molar-refractivity contribution in [1.29, 1.82) is 0 Å². The van der Waals surface area contributed by atoms with E-state index in [4.69, 9.17) is 21.1 Å². The SMILES string of the molecule is Cc1cc(Cl)ccc1N(CC(=O)N/N=C\c1cccc2c1OCCO2)S(C)(=O)=O. The van der Waals surface area contributed by atoms with E-state index in [1.165, 1.54) is 6.21 Å². The van der Waals surface area contributed by atoms with E-state index in [9.17, 15) is 13.2 Å². The van der Waals surface area contributed by atoms with E-state index in [2.05, 4.69) is 10.5 Å². The highest BCUT2D eigenvalue weighted by Gasteiger charge is 2.22. The maximum absolute atomic E-state index is 12.3. The van der Waals surface area contributed by atoms with E-state index in [1.807, 2.05) is 0 Å². The van der Waals surface area contributed by atoms with E-state index < -0.39 is 22.5 Å². The van der Waals surface area contributed by atoms with Crippen LogP contribution in [0.1, 0.15) is 11.1 Å². The zero-order valence-corrected chi connectivity index (χ0v) is 17.5. The van der Waals surface area contributed by atoms with Gasteiger partial charge in [-0.1, -0.05) is 17.7 Å².